The van der Waals surface area contributed by atoms with Gasteiger partial charge in [0.25, 0.3) is 0 Å². The molecule has 1 saturated heterocycles. The Kier molecular flexibility index (Phi) is 8.45. The number of benzene rings is 2. The van der Waals surface area contributed by atoms with Crippen LogP contribution < -0.4 is 5.32 Å². The largest absolute Gasteiger partial charge is 0.507 e. The third-order valence-electron chi connectivity index (χ3n) is 7.36. The maximum Gasteiger partial charge on any atom is 0.492 e. The number of hydrogen-bond acceptors (Lipinski definition) is 5. The third kappa shape index (κ3) is 7.00. The van der Waals surface area contributed by atoms with E-state index in [-0.39, 0.29) is 29.7 Å². The molecule has 0 saturated carbocycles. The van der Waals surface area contributed by atoms with Crippen LogP contribution >= 0.6 is 0 Å². The van der Waals surface area contributed by atoms with E-state index in [1.165, 1.54) is 0 Å². The molecule has 1 amide bonds. The molecular weight excluding hydrogens is 477 g/mol. The topological polar surface area (TPSA) is 77.0 Å². The number of aromatic hydroxyl groups is 1. The van der Waals surface area contributed by atoms with Crippen LogP contribution in [0.4, 0.5) is 4.79 Å². The average Bonchev–Trinajstić information content (AvgIpc) is 3.01. The number of carbonyl (C=O) groups is 1. The highest BCUT2D eigenvalue weighted by molar-refractivity contribution is 6.56. The lowest BCUT2D eigenvalue weighted by molar-refractivity contribution is 0.00578. The summed E-state index contributed by atoms with van der Waals surface area (Å²) in [6.07, 6.45) is 1.33. The van der Waals surface area contributed by atoms with Crippen molar-refractivity contribution >= 4 is 19.3 Å². The monoisotopic (exact) mass is 521 g/mol. The van der Waals surface area contributed by atoms with Gasteiger partial charge in [-0.2, -0.15) is 0 Å². The van der Waals surface area contributed by atoms with Gasteiger partial charge in [-0.25, -0.2) is 4.79 Å². The number of hydrogen-bond donors (Lipinski definition) is 2. The summed E-state index contributed by atoms with van der Waals surface area (Å²) in [5, 5.41) is 14.2. The van der Waals surface area contributed by atoms with E-state index in [0.717, 1.165) is 16.7 Å². The first-order chi connectivity index (χ1) is 17.4. The van der Waals surface area contributed by atoms with E-state index in [9.17, 15) is 9.90 Å². The summed E-state index contributed by atoms with van der Waals surface area (Å²) in [6, 6.07) is 13.6. The van der Waals surface area contributed by atoms with Gasteiger partial charge >= 0.3 is 13.2 Å². The van der Waals surface area contributed by atoms with Crippen molar-refractivity contribution in [3.63, 3.8) is 0 Å². The van der Waals surface area contributed by atoms with Crippen LogP contribution in [0.2, 0.25) is 0 Å². The molecule has 0 bridgehead atoms. The number of phenols is 1. The van der Waals surface area contributed by atoms with Gasteiger partial charge in [-0.15, -0.1) is 0 Å². The van der Waals surface area contributed by atoms with E-state index in [1.54, 1.807) is 0 Å². The van der Waals surface area contributed by atoms with Crippen molar-refractivity contribution in [1.82, 2.24) is 5.32 Å². The fourth-order valence-corrected chi connectivity index (χ4v) is 4.12. The molecule has 206 valence electrons. The number of rotatable bonds is 6. The SMILES string of the molecule is CC(C)(C)c1cc(C=C(CNC(=O)OCc2ccccc2)B2OC(C)(C)C(C)(C)O2)c(O)c(C(C)(C)C)c1. The quantitative estimate of drug-likeness (QED) is 0.403. The highest BCUT2D eigenvalue weighted by Crippen LogP contribution is 2.41. The molecule has 2 aromatic carbocycles. The number of ether oxygens (including phenoxy) is 1. The van der Waals surface area contributed by atoms with Crippen LogP contribution in [0.15, 0.2) is 47.9 Å². The van der Waals surface area contributed by atoms with Gasteiger partial charge in [0, 0.05) is 17.7 Å². The van der Waals surface area contributed by atoms with Gasteiger partial charge in [-0.3, -0.25) is 0 Å². The first kappa shape index (κ1) is 29.8. The zero-order chi connectivity index (χ0) is 28.5. The fourth-order valence-electron chi connectivity index (χ4n) is 4.12. The minimum atomic E-state index is -0.704. The van der Waals surface area contributed by atoms with E-state index in [4.69, 9.17) is 14.0 Å². The summed E-state index contributed by atoms with van der Waals surface area (Å²) < 4.78 is 18.1. The molecule has 0 aliphatic carbocycles. The maximum atomic E-state index is 12.6. The molecule has 1 aliphatic rings. The second kappa shape index (κ2) is 10.8. The standard InChI is InChI=1S/C31H44BNO5/c1-28(2,3)23-16-22(26(34)25(18-23)29(4,5)6)17-24(32-37-30(7,8)31(9,10)38-32)19-33-27(35)36-20-21-14-12-11-13-15-21/h11-18,34H,19-20H2,1-10H3,(H,33,35). The lowest BCUT2D eigenvalue weighted by atomic mass is 9.75. The van der Waals surface area contributed by atoms with Crippen molar-refractivity contribution in [3.05, 3.63) is 70.2 Å². The Labute approximate surface area is 228 Å². The van der Waals surface area contributed by atoms with Crippen LogP contribution in [0.3, 0.4) is 0 Å². The molecule has 2 N–H and O–H groups in total. The van der Waals surface area contributed by atoms with Crippen molar-refractivity contribution in [2.45, 2.75) is 97.9 Å². The van der Waals surface area contributed by atoms with E-state index >= 15 is 0 Å². The van der Waals surface area contributed by atoms with Crippen LogP contribution in [-0.4, -0.2) is 36.1 Å². The minimum Gasteiger partial charge on any atom is -0.507 e. The van der Waals surface area contributed by atoms with E-state index in [0.29, 0.717) is 11.0 Å². The summed E-state index contributed by atoms with van der Waals surface area (Å²) >= 11 is 0. The average molecular weight is 522 g/mol. The predicted octanol–water partition coefficient (Wildman–Crippen LogP) is 6.93. The molecule has 6 nitrogen and oxygen atoms in total. The molecule has 1 fully saturated rings. The van der Waals surface area contributed by atoms with Crippen LogP contribution in [-0.2, 0) is 31.5 Å². The van der Waals surface area contributed by atoms with Gasteiger partial charge in [0.2, 0.25) is 0 Å². The van der Waals surface area contributed by atoms with Crippen molar-refractivity contribution < 1.29 is 23.9 Å². The summed E-state index contributed by atoms with van der Waals surface area (Å²) in [5.41, 5.74) is 2.70. The minimum absolute atomic E-state index is 0.125. The normalized spacial score (nSPS) is 17.4. The van der Waals surface area contributed by atoms with Gasteiger partial charge in [0.05, 0.1) is 11.2 Å². The zero-order valence-corrected chi connectivity index (χ0v) is 24.7. The molecule has 3 rings (SSSR count). The fraction of sp³-hybridized carbons (Fsp3) is 0.516. The molecule has 2 aromatic rings. The molecule has 0 aromatic heterocycles. The Morgan fingerprint density at radius 3 is 2.08 bits per heavy atom. The first-order valence-corrected chi connectivity index (χ1v) is 13.3. The number of alkyl carbamates (subject to hydrolysis) is 1. The van der Waals surface area contributed by atoms with Gasteiger partial charge in [-0.05, 0) is 61.2 Å². The highest BCUT2D eigenvalue weighted by Gasteiger charge is 2.52. The summed E-state index contributed by atoms with van der Waals surface area (Å²) in [6.45, 7) is 21.0. The Morgan fingerprint density at radius 1 is 0.974 bits per heavy atom. The molecule has 0 spiro atoms. The predicted molar refractivity (Wildman–Crippen MR) is 154 cm³/mol. The molecule has 1 heterocycles. The second-order valence-corrected chi connectivity index (χ2v) is 13.2. The second-order valence-electron chi connectivity index (χ2n) is 13.2. The molecule has 0 radical (unpaired) electrons. The van der Waals surface area contributed by atoms with Gasteiger partial charge in [-0.1, -0.05) is 84.0 Å². The van der Waals surface area contributed by atoms with Crippen molar-refractivity contribution in [2.75, 3.05) is 6.54 Å². The van der Waals surface area contributed by atoms with Crippen LogP contribution in [0.25, 0.3) is 6.08 Å². The van der Waals surface area contributed by atoms with E-state index in [2.05, 4.69) is 52.9 Å². The molecule has 38 heavy (non-hydrogen) atoms. The number of carbonyl (C=O) groups excluding carboxylic acids is 1. The van der Waals surface area contributed by atoms with Gasteiger partial charge in [0.15, 0.2) is 0 Å². The van der Waals surface area contributed by atoms with Gasteiger partial charge in [0.1, 0.15) is 12.4 Å². The summed E-state index contributed by atoms with van der Waals surface area (Å²) in [4.78, 5) is 12.6. The number of amides is 1. The van der Waals surface area contributed by atoms with Crippen molar-refractivity contribution in [1.29, 1.82) is 0 Å². The highest BCUT2D eigenvalue weighted by atomic mass is 16.7. The Hall–Kier alpha value is -2.77. The van der Waals surface area contributed by atoms with Crippen molar-refractivity contribution in [2.24, 2.45) is 0 Å². The lowest BCUT2D eigenvalue weighted by Gasteiger charge is -2.32. The van der Waals surface area contributed by atoms with Crippen LogP contribution in [0.1, 0.15) is 91.5 Å². The number of nitrogens with one attached hydrogen (secondary N) is 1. The number of phenolic OH excluding ortho intramolecular Hbond substituents is 1. The Bertz CT molecular complexity index is 1160. The Balaban J connectivity index is 1.97. The van der Waals surface area contributed by atoms with Gasteiger partial charge < -0.3 is 24.5 Å². The Morgan fingerprint density at radius 2 is 1.55 bits per heavy atom. The molecule has 7 heteroatoms. The van der Waals surface area contributed by atoms with Crippen LogP contribution in [0, 0.1) is 0 Å². The van der Waals surface area contributed by atoms with Crippen molar-refractivity contribution in [3.8, 4) is 5.75 Å². The van der Waals surface area contributed by atoms with E-state index < -0.39 is 24.4 Å². The first-order valence-electron chi connectivity index (χ1n) is 13.3. The third-order valence-corrected chi connectivity index (χ3v) is 7.36. The molecule has 0 unspecified atom stereocenters. The van der Waals surface area contributed by atoms with Crippen LogP contribution in [0.5, 0.6) is 5.75 Å². The smallest absolute Gasteiger partial charge is 0.492 e. The summed E-state index contributed by atoms with van der Waals surface area (Å²) in [5.74, 6) is 0.214. The molecular formula is C31H44BNO5. The van der Waals surface area contributed by atoms with E-state index in [1.807, 2.05) is 70.2 Å². The summed E-state index contributed by atoms with van der Waals surface area (Å²) in [7, 11) is -0.704. The molecule has 1 aliphatic heterocycles. The molecule has 0 atom stereocenters. The zero-order valence-electron chi connectivity index (χ0n) is 24.7. The lowest BCUT2D eigenvalue weighted by Crippen LogP contribution is -2.41. The maximum absolute atomic E-state index is 12.6.